The van der Waals surface area contributed by atoms with Crippen molar-refractivity contribution in [1.82, 2.24) is 4.90 Å². The molecule has 2 nitrogen and oxygen atoms in total. The first-order valence-electron chi connectivity index (χ1n) is 5.92. The summed E-state index contributed by atoms with van der Waals surface area (Å²) in [5.41, 5.74) is 0.517. The monoisotopic (exact) mass is 333 g/mol. The molecule has 1 fully saturated rings. The molecular formula is C13H14BrClFNO. The number of amides is 1. The highest BCUT2D eigenvalue weighted by atomic mass is 79.9. The average molecular weight is 335 g/mol. The van der Waals surface area contributed by atoms with Crippen LogP contribution in [0.25, 0.3) is 0 Å². The van der Waals surface area contributed by atoms with Gasteiger partial charge in [-0.2, -0.15) is 0 Å². The number of halogens is 3. The van der Waals surface area contributed by atoms with Gasteiger partial charge < -0.3 is 4.90 Å². The van der Waals surface area contributed by atoms with Gasteiger partial charge >= 0.3 is 0 Å². The third-order valence-electron chi connectivity index (χ3n) is 3.25. The quantitative estimate of drug-likeness (QED) is 0.772. The number of rotatable bonds is 3. The van der Waals surface area contributed by atoms with E-state index in [1.807, 2.05) is 4.90 Å². The van der Waals surface area contributed by atoms with Gasteiger partial charge in [0.05, 0.1) is 5.56 Å². The summed E-state index contributed by atoms with van der Waals surface area (Å²) >= 11 is 8.95. The minimum atomic E-state index is -0.347. The summed E-state index contributed by atoms with van der Waals surface area (Å²) in [6.45, 7) is 1.50. The van der Waals surface area contributed by atoms with Crippen molar-refractivity contribution < 1.29 is 9.18 Å². The summed E-state index contributed by atoms with van der Waals surface area (Å²) in [5, 5.41) is 0. The Morgan fingerprint density at radius 2 is 2.33 bits per heavy atom. The highest BCUT2D eigenvalue weighted by Gasteiger charge is 2.27. The van der Waals surface area contributed by atoms with E-state index in [0.29, 0.717) is 21.8 Å². The molecule has 0 saturated carbocycles. The van der Waals surface area contributed by atoms with E-state index in [9.17, 15) is 9.18 Å². The summed E-state index contributed by atoms with van der Waals surface area (Å²) in [6, 6.07) is 4.15. The SMILES string of the molecule is O=C(c1ccc(F)cc1Br)N1CCC(CCCl)C1. The topological polar surface area (TPSA) is 20.3 Å². The van der Waals surface area contributed by atoms with Gasteiger partial charge in [0.25, 0.3) is 5.91 Å². The van der Waals surface area contributed by atoms with Gasteiger partial charge in [-0.15, -0.1) is 11.6 Å². The van der Waals surface area contributed by atoms with E-state index in [2.05, 4.69) is 15.9 Å². The molecule has 0 spiro atoms. The van der Waals surface area contributed by atoms with Crippen molar-refractivity contribution in [2.75, 3.05) is 19.0 Å². The normalized spacial score (nSPS) is 19.3. The Hall–Kier alpha value is -0.610. The summed E-state index contributed by atoms with van der Waals surface area (Å²) in [6.07, 6.45) is 1.94. The Morgan fingerprint density at radius 1 is 1.56 bits per heavy atom. The van der Waals surface area contributed by atoms with Crippen molar-refractivity contribution in [3.05, 3.63) is 34.1 Å². The van der Waals surface area contributed by atoms with E-state index in [1.54, 1.807) is 0 Å². The average Bonchev–Trinajstić information content (AvgIpc) is 2.77. The van der Waals surface area contributed by atoms with Crippen LogP contribution in [-0.2, 0) is 0 Å². The highest BCUT2D eigenvalue weighted by Crippen LogP contribution is 2.25. The Bertz CT molecular complexity index is 455. The van der Waals surface area contributed by atoms with Crippen molar-refractivity contribution >= 4 is 33.4 Å². The van der Waals surface area contributed by atoms with E-state index in [-0.39, 0.29) is 11.7 Å². The molecule has 0 aromatic heterocycles. The minimum Gasteiger partial charge on any atom is -0.338 e. The molecular weight excluding hydrogens is 321 g/mol. The van der Waals surface area contributed by atoms with E-state index in [0.717, 1.165) is 25.9 Å². The fraction of sp³-hybridized carbons (Fsp3) is 0.462. The Balaban J connectivity index is 2.08. The Morgan fingerprint density at radius 3 is 3.00 bits per heavy atom. The zero-order valence-electron chi connectivity index (χ0n) is 9.83. The maximum Gasteiger partial charge on any atom is 0.255 e. The summed E-state index contributed by atoms with van der Waals surface area (Å²) < 4.78 is 13.5. The first-order chi connectivity index (χ1) is 8.61. The molecule has 1 aliphatic heterocycles. The van der Waals surface area contributed by atoms with Gasteiger partial charge in [-0.05, 0) is 52.9 Å². The second-order valence-corrected chi connectivity index (χ2v) is 5.74. The van der Waals surface area contributed by atoms with Gasteiger partial charge in [0.15, 0.2) is 0 Å². The minimum absolute atomic E-state index is 0.0426. The van der Waals surface area contributed by atoms with Gasteiger partial charge in [0.2, 0.25) is 0 Å². The van der Waals surface area contributed by atoms with Crippen LogP contribution in [0, 0.1) is 11.7 Å². The summed E-state index contributed by atoms with van der Waals surface area (Å²) in [5.74, 6) is 0.733. The van der Waals surface area contributed by atoms with Crippen molar-refractivity contribution in [2.24, 2.45) is 5.92 Å². The number of carbonyl (C=O) groups is 1. The predicted octanol–water partition coefficient (Wildman–Crippen LogP) is 3.68. The molecule has 18 heavy (non-hydrogen) atoms. The Kier molecular flexibility index (Phi) is 4.62. The molecule has 1 aromatic carbocycles. The lowest BCUT2D eigenvalue weighted by Crippen LogP contribution is -2.29. The first kappa shape index (κ1) is 13.8. The van der Waals surface area contributed by atoms with E-state index in [4.69, 9.17) is 11.6 Å². The standard InChI is InChI=1S/C13H14BrClFNO/c14-12-7-10(16)1-2-11(12)13(18)17-6-4-9(8-17)3-5-15/h1-2,7,9H,3-6,8H2. The second kappa shape index (κ2) is 6.02. The largest absolute Gasteiger partial charge is 0.338 e. The fourth-order valence-corrected chi connectivity index (χ4v) is 3.07. The van der Waals surface area contributed by atoms with Crippen LogP contribution in [0.3, 0.4) is 0 Å². The van der Waals surface area contributed by atoms with Crippen molar-refractivity contribution in [3.63, 3.8) is 0 Å². The van der Waals surface area contributed by atoms with Crippen LogP contribution in [-0.4, -0.2) is 29.8 Å². The van der Waals surface area contributed by atoms with Crippen LogP contribution in [0.15, 0.2) is 22.7 Å². The molecule has 1 aliphatic rings. The fourth-order valence-electron chi connectivity index (χ4n) is 2.24. The molecule has 0 N–H and O–H groups in total. The first-order valence-corrected chi connectivity index (χ1v) is 7.25. The van der Waals surface area contributed by atoms with E-state index < -0.39 is 0 Å². The van der Waals surface area contributed by atoms with Gasteiger partial charge in [-0.3, -0.25) is 4.79 Å². The molecule has 1 unspecified atom stereocenters. The maximum atomic E-state index is 13.0. The van der Waals surface area contributed by atoms with Crippen LogP contribution >= 0.6 is 27.5 Å². The van der Waals surface area contributed by atoms with Gasteiger partial charge in [-0.25, -0.2) is 4.39 Å². The number of carbonyl (C=O) groups excluding carboxylic acids is 1. The van der Waals surface area contributed by atoms with Crippen LogP contribution in [0.1, 0.15) is 23.2 Å². The number of benzene rings is 1. The molecule has 98 valence electrons. The zero-order valence-corrected chi connectivity index (χ0v) is 12.2. The van der Waals surface area contributed by atoms with E-state index in [1.165, 1.54) is 18.2 Å². The lowest BCUT2D eigenvalue weighted by Gasteiger charge is -2.17. The highest BCUT2D eigenvalue weighted by molar-refractivity contribution is 9.10. The number of nitrogens with zero attached hydrogens (tertiary/aromatic N) is 1. The molecule has 2 rings (SSSR count). The molecule has 1 atom stereocenters. The van der Waals surface area contributed by atoms with Crippen LogP contribution < -0.4 is 0 Å². The molecule has 5 heteroatoms. The van der Waals surface area contributed by atoms with Crippen molar-refractivity contribution in [2.45, 2.75) is 12.8 Å². The molecule has 0 radical (unpaired) electrons. The third kappa shape index (κ3) is 3.04. The van der Waals surface area contributed by atoms with Crippen LogP contribution in [0.2, 0.25) is 0 Å². The number of alkyl halides is 1. The summed E-state index contributed by atoms with van der Waals surface area (Å²) in [4.78, 5) is 14.1. The zero-order chi connectivity index (χ0) is 13.1. The molecule has 0 aliphatic carbocycles. The number of hydrogen-bond donors (Lipinski definition) is 0. The van der Waals surface area contributed by atoms with Crippen molar-refractivity contribution in [3.8, 4) is 0 Å². The Labute approximate surface area is 119 Å². The van der Waals surface area contributed by atoms with Gasteiger partial charge in [0, 0.05) is 23.4 Å². The second-order valence-electron chi connectivity index (χ2n) is 4.51. The van der Waals surface area contributed by atoms with Gasteiger partial charge in [0.1, 0.15) is 5.82 Å². The lowest BCUT2D eigenvalue weighted by molar-refractivity contribution is 0.0786. The van der Waals surface area contributed by atoms with Gasteiger partial charge in [-0.1, -0.05) is 0 Å². The summed E-state index contributed by atoms with van der Waals surface area (Å²) in [7, 11) is 0. The third-order valence-corrected chi connectivity index (χ3v) is 4.13. The lowest BCUT2D eigenvalue weighted by atomic mass is 10.1. The molecule has 1 aromatic rings. The van der Waals surface area contributed by atoms with Crippen molar-refractivity contribution in [1.29, 1.82) is 0 Å². The van der Waals surface area contributed by atoms with E-state index >= 15 is 0 Å². The molecule has 1 amide bonds. The number of likely N-dealkylation sites (tertiary alicyclic amines) is 1. The smallest absolute Gasteiger partial charge is 0.255 e. The molecule has 1 saturated heterocycles. The van der Waals surface area contributed by atoms with Crippen LogP contribution in [0.4, 0.5) is 4.39 Å². The predicted molar refractivity (Wildman–Crippen MR) is 73.4 cm³/mol. The number of hydrogen-bond acceptors (Lipinski definition) is 1. The maximum absolute atomic E-state index is 13.0. The molecule has 0 bridgehead atoms. The molecule has 1 heterocycles. The van der Waals surface area contributed by atoms with Crippen LogP contribution in [0.5, 0.6) is 0 Å².